The Bertz CT molecular complexity index is 699. The van der Waals surface area contributed by atoms with Gasteiger partial charge in [-0.1, -0.05) is 0 Å². The van der Waals surface area contributed by atoms with Gasteiger partial charge in [-0.05, 0) is 24.3 Å². The highest BCUT2D eigenvalue weighted by Crippen LogP contribution is 2.26. The predicted octanol–water partition coefficient (Wildman–Crippen LogP) is 2.52. The number of hydrogen-bond donors (Lipinski definition) is 0. The van der Waals surface area contributed by atoms with E-state index in [0.29, 0.717) is 19.8 Å². The van der Waals surface area contributed by atoms with E-state index in [1.54, 1.807) is 4.90 Å². The fourth-order valence-corrected chi connectivity index (χ4v) is 2.73. The molecule has 0 unspecified atom stereocenters. The SMILES string of the molecule is Cn1cccc1[C@H]1COCCN1C(=O)c1ccc(F)cc1F. The Morgan fingerprint density at radius 2 is 2.14 bits per heavy atom. The van der Waals surface area contributed by atoms with Crippen LogP contribution in [-0.2, 0) is 11.8 Å². The van der Waals surface area contributed by atoms with Gasteiger partial charge in [0.15, 0.2) is 0 Å². The van der Waals surface area contributed by atoms with E-state index in [4.69, 9.17) is 4.74 Å². The van der Waals surface area contributed by atoms with Crippen molar-refractivity contribution >= 4 is 5.91 Å². The molecule has 0 saturated carbocycles. The number of morpholine rings is 1. The number of hydrogen-bond acceptors (Lipinski definition) is 2. The van der Waals surface area contributed by atoms with E-state index in [-0.39, 0.29) is 11.6 Å². The zero-order valence-corrected chi connectivity index (χ0v) is 12.1. The first-order valence-corrected chi connectivity index (χ1v) is 7.03. The van der Waals surface area contributed by atoms with Crippen molar-refractivity contribution in [2.24, 2.45) is 7.05 Å². The molecule has 116 valence electrons. The molecule has 0 radical (unpaired) electrons. The number of rotatable bonds is 2. The third kappa shape index (κ3) is 2.62. The highest BCUT2D eigenvalue weighted by Gasteiger charge is 2.31. The summed E-state index contributed by atoms with van der Waals surface area (Å²) < 4.78 is 34.3. The number of aromatic nitrogens is 1. The van der Waals surface area contributed by atoms with Crippen LogP contribution in [0.2, 0.25) is 0 Å². The number of aryl methyl sites for hydroxylation is 1. The first-order chi connectivity index (χ1) is 10.6. The zero-order valence-electron chi connectivity index (χ0n) is 12.1. The molecule has 1 aromatic carbocycles. The van der Waals surface area contributed by atoms with Crippen LogP contribution in [0.1, 0.15) is 22.1 Å². The topological polar surface area (TPSA) is 34.5 Å². The van der Waals surface area contributed by atoms with Gasteiger partial charge < -0.3 is 14.2 Å². The minimum Gasteiger partial charge on any atom is -0.377 e. The lowest BCUT2D eigenvalue weighted by atomic mass is 10.1. The van der Waals surface area contributed by atoms with Crippen molar-refractivity contribution in [2.75, 3.05) is 19.8 Å². The highest BCUT2D eigenvalue weighted by atomic mass is 19.1. The summed E-state index contributed by atoms with van der Waals surface area (Å²) in [5, 5.41) is 0. The molecule has 1 aliphatic heterocycles. The van der Waals surface area contributed by atoms with Crippen LogP contribution < -0.4 is 0 Å². The van der Waals surface area contributed by atoms with Crippen molar-refractivity contribution in [3.8, 4) is 0 Å². The van der Waals surface area contributed by atoms with Gasteiger partial charge in [-0.25, -0.2) is 8.78 Å². The zero-order chi connectivity index (χ0) is 15.7. The maximum Gasteiger partial charge on any atom is 0.257 e. The minimum atomic E-state index is -0.845. The number of nitrogens with zero attached hydrogens (tertiary/aromatic N) is 2. The van der Waals surface area contributed by atoms with E-state index >= 15 is 0 Å². The lowest BCUT2D eigenvalue weighted by Gasteiger charge is -2.36. The first-order valence-electron chi connectivity index (χ1n) is 7.03. The normalized spacial score (nSPS) is 18.5. The van der Waals surface area contributed by atoms with Crippen LogP contribution in [0.5, 0.6) is 0 Å². The number of carbonyl (C=O) groups is 1. The van der Waals surface area contributed by atoms with Gasteiger partial charge in [0.2, 0.25) is 0 Å². The molecule has 22 heavy (non-hydrogen) atoms. The third-order valence-corrected chi connectivity index (χ3v) is 3.88. The van der Waals surface area contributed by atoms with Crippen molar-refractivity contribution < 1.29 is 18.3 Å². The van der Waals surface area contributed by atoms with Crippen molar-refractivity contribution in [3.05, 3.63) is 59.4 Å². The van der Waals surface area contributed by atoms with Crippen LogP contribution in [-0.4, -0.2) is 35.1 Å². The lowest BCUT2D eigenvalue weighted by molar-refractivity contribution is -0.00487. The summed E-state index contributed by atoms with van der Waals surface area (Å²) in [7, 11) is 1.88. The Balaban J connectivity index is 1.93. The van der Waals surface area contributed by atoms with Gasteiger partial charge >= 0.3 is 0 Å². The second-order valence-corrected chi connectivity index (χ2v) is 5.26. The van der Waals surface area contributed by atoms with Crippen LogP contribution in [0.3, 0.4) is 0 Å². The molecular formula is C16H16F2N2O2. The molecule has 4 nitrogen and oxygen atoms in total. The van der Waals surface area contributed by atoms with E-state index in [0.717, 1.165) is 17.8 Å². The number of halogens is 2. The second kappa shape index (κ2) is 5.88. The fourth-order valence-electron chi connectivity index (χ4n) is 2.73. The summed E-state index contributed by atoms with van der Waals surface area (Å²) in [5.41, 5.74) is 0.790. The van der Waals surface area contributed by atoms with Gasteiger partial charge in [-0.2, -0.15) is 0 Å². The monoisotopic (exact) mass is 306 g/mol. The molecule has 0 N–H and O–H groups in total. The van der Waals surface area contributed by atoms with Gasteiger partial charge in [-0.15, -0.1) is 0 Å². The average Bonchev–Trinajstić information content (AvgIpc) is 2.93. The standard InChI is InChI=1S/C16H16F2N2O2/c1-19-6-2-3-14(19)15-10-22-8-7-20(15)16(21)12-5-4-11(17)9-13(12)18/h2-6,9,15H,7-8,10H2,1H3/t15-/m1/s1. The number of carbonyl (C=O) groups excluding carboxylic acids is 1. The second-order valence-electron chi connectivity index (χ2n) is 5.26. The average molecular weight is 306 g/mol. The molecule has 1 amide bonds. The van der Waals surface area contributed by atoms with Gasteiger partial charge in [0.25, 0.3) is 5.91 Å². The molecule has 3 rings (SSSR count). The summed E-state index contributed by atoms with van der Waals surface area (Å²) in [6.45, 7) is 1.12. The number of amides is 1. The fraction of sp³-hybridized carbons (Fsp3) is 0.312. The Morgan fingerprint density at radius 3 is 2.82 bits per heavy atom. The van der Waals surface area contributed by atoms with E-state index in [2.05, 4.69) is 0 Å². The van der Waals surface area contributed by atoms with Crippen LogP contribution in [0.15, 0.2) is 36.5 Å². The molecule has 2 heterocycles. The van der Waals surface area contributed by atoms with Gasteiger partial charge in [0, 0.05) is 31.5 Å². The Kier molecular flexibility index (Phi) is 3.94. The molecule has 1 fully saturated rings. The van der Waals surface area contributed by atoms with Crippen LogP contribution in [0.25, 0.3) is 0 Å². The molecule has 2 aromatic rings. The molecular weight excluding hydrogens is 290 g/mol. The van der Waals surface area contributed by atoms with Gasteiger partial charge in [-0.3, -0.25) is 4.79 Å². The van der Waals surface area contributed by atoms with Gasteiger partial charge in [0.1, 0.15) is 11.6 Å². The van der Waals surface area contributed by atoms with Gasteiger partial charge in [0.05, 0.1) is 24.8 Å². The maximum atomic E-state index is 13.9. The predicted molar refractivity (Wildman–Crippen MR) is 76.4 cm³/mol. The molecule has 6 heteroatoms. The summed E-state index contributed by atoms with van der Waals surface area (Å²) in [6, 6.07) is 6.50. The summed E-state index contributed by atoms with van der Waals surface area (Å²) in [5.74, 6) is -2.00. The molecule has 1 aliphatic rings. The van der Waals surface area contributed by atoms with Crippen LogP contribution in [0, 0.1) is 11.6 Å². The quantitative estimate of drug-likeness (QED) is 0.854. The maximum absolute atomic E-state index is 13.9. The molecule has 1 atom stereocenters. The van der Waals surface area contributed by atoms with E-state index in [9.17, 15) is 13.6 Å². The molecule has 0 spiro atoms. The largest absolute Gasteiger partial charge is 0.377 e. The smallest absolute Gasteiger partial charge is 0.257 e. The summed E-state index contributed by atoms with van der Waals surface area (Å²) in [4.78, 5) is 14.2. The number of ether oxygens (including phenoxy) is 1. The van der Waals surface area contributed by atoms with Crippen LogP contribution >= 0.6 is 0 Å². The van der Waals surface area contributed by atoms with Crippen molar-refractivity contribution in [2.45, 2.75) is 6.04 Å². The van der Waals surface area contributed by atoms with Crippen molar-refractivity contribution in [1.82, 2.24) is 9.47 Å². The summed E-state index contributed by atoms with van der Waals surface area (Å²) >= 11 is 0. The molecule has 1 saturated heterocycles. The van der Waals surface area contributed by atoms with E-state index < -0.39 is 17.5 Å². The Morgan fingerprint density at radius 1 is 1.32 bits per heavy atom. The molecule has 0 bridgehead atoms. The highest BCUT2D eigenvalue weighted by molar-refractivity contribution is 5.94. The van der Waals surface area contributed by atoms with Crippen molar-refractivity contribution in [3.63, 3.8) is 0 Å². The third-order valence-electron chi connectivity index (χ3n) is 3.88. The van der Waals surface area contributed by atoms with Crippen LogP contribution in [0.4, 0.5) is 8.78 Å². The lowest BCUT2D eigenvalue weighted by Crippen LogP contribution is -2.44. The Labute approximate surface area is 126 Å². The molecule has 0 aliphatic carbocycles. The number of benzene rings is 1. The minimum absolute atomic E-state index is 0.123. The first kappa shape index (κ1) is 14.7. The van der Waals surface area contributed by atoms with Crippen molar-refractivity contribution in [1.29, 1.82) is 0 Å². The molecule has 1 aromatic heterocycles. The Hall–Kier alpha value is -2.21. The van der Waals surface area contributed by atoms with E-state index in [1.807, 2.05) is 29.9 Å². The van der Waals surface area contributed by atoms with E-state index in [1.165, 1.54) is 6.07 Å². The summed E-state index contributed by atoms with van der Waals surface area (Å²) in [6.07, 6.45) is 1.88.